The molecular weight excluding hydrogens is 144 g/mol. The first-order valence-corrected chi connectivity index (χ1v) is 3.80. The van der Waals surface area contributed by atoms with Gasteiger partial charge in [0.1, 0.15) is 0 Å². The number of aliphatic hydroxyl groups excluding tert-OH is 1. The fourth-order valence-electron chi connectivity index (χ4n) is 1.19. The quantitative estimate of drug-likeness (QED) is 0.586. The third-order valence-corrected chi connectivity index (χ3v) is 1.79. The Morgan fingerprint density at radius 2 is 2.36 bits per heavy atom. The summed E-state index contributed by atoms with van der Waals surface area (Å²) in [6, 6.07) is 0. The van der Waals surface area contributed by atoms with E-state index in [4.69, 9.17) is 5.11 Å². The van der Waals surface area contributed by atoms with Crippen molar-refractivity contribution in [2.75, 3.05) is 20.1 Å². The molecule has 0 aromatic carbocycles. The van der Waals surface area contributed by atoms with Gasteiger partial charge < -0.3 is 5.11 Å². The van der Waals surface area contributed by atoms with Gasteiger partial charge in [0, 0.05) is 20.0 Å². The summed E-state index contributed by atoms with van der Waals surface area (Å²) in [5.41, 5.74) is 0. The van der Waals surface area contributed by atoms with Gasteiger partial charge in [-0.05, 0) is 6.92 Å². The van der Waals surface area contributed by atoms with Crippen LogP contribution in [0.2, 0.25) is 0 Å². The van der Waals surface area contributed by atoms with Crippen molar-refractivity contribution in [3.8, 4) is 0 Å². The molecule has 1 amide bonds. The highest BCUT2D eigenvalue weighted by molar-refractivity contribution is 5.77. The van der Waals surface area contributed by atoms with Gasteiger partial charge in [0.2, 0.25) is 5.91 Å². The molecule has 0 aromatic rings. The van der Waals surface area contributed by atoms with Crippen LogP contribution < -0.4 is 0 Å². The molecule has 11 heavy (non-hydrogen) atoms. The van der Waals surface area contributed by atoms with E-state index in [0.717, 1.165) is 6.54 Å². The second-order valence-electron chi connectivity index (χ2n) is 2.96. The summed E-state index contributed by atoms with van der Waals surface area (Å²) in [5.74, 6) is 0.105. The monoisotopic (exact) mass is 158 g/mol. The molecule has 0 aliphatic carbocycles. The zero-order valence-electron chi connectivity index (χ0n) is 6.95. The van der Waals surface area contributed by atoms with Crippen molar-refractivity contribution >= 4 is 5.91 Å². The third-order valence-electron chi connectivity index (χ3n) is 1.79. The predicted octanol–water partition coefficient (Wildman–Crippen LogP) is -0.554. The van der Waals surface area contributed by atoms with Gasteiger partial charge in [-0.15, -0.1) is 0 Å². The highest BCUT2D eigenvalue weighted by atomic mass is 16.3. The number of hydrogen-bond acceptors (Lipinski definition) is 3. The summed E-state index contributed by atoms with van der Waals surface area (Å²) in [4.78, 5) is 11.1. The van der Waals surface area contributed by atoms with Crippen LogP contribution in [-0.4, -0.2) is 47.3 Å². The second kappa shape index (κ2) is 3.19. The molecule has 0 spiro atoms. The molecule has 1 N–H and O–H groups in total. The molecule has 1 heterocycles. The van der Waals surface area contributed by atoms with E-state index >= 15 is 0 Å². The number of amides is 1. The van der Waals surface area contributed by atoms with Crippen LogP contribution in [0.15, 0.2) is 0 Å². The fraction of sp³-hybridized carbons (Fsp3) is 0.857. The van der Waals surface area contributed by atoms with Gasteiger partial charge in [0.15, 0.2) is 0 Å². The lowest BCUT2D eigenvalue weighted by molar-refractivity contribution is -0.138. The highest BCUT2D eigenvalue weighted by Crippen LogP contribution is 2.09. The summed E-state index contributed by atoms with van der Waals surface area (Å²) in [6.45, 7) is 2.86. The molecule has 4 heteroatoms. The molecule has 0 aromatic heterocycles. The topological polar surface area (TPSA) is 43.8 Å². The van der Waals surface area contributed by atoms with E-state index in [9.17, 15) is 4.79 Å². The van der Waals surface area contributed by atoms with Gasteiger partial charge in [-0.1, -0.05) is 0 Å². The van der Waals surface area contributed by atoms with Crippen molar-refractivity contribution in [2.24, 2.45) is 0 Å². The summed E-state index contributed by atoms with van der Waals surface area (Å²) in [6.07, 6.45) is 0.128. The minimum absolute atomic E-state index is 0.105. The maximum absolute atomic E-state index is 11.1. The molecule has 1 unspecified atom stereocenters. The Labute approximate surface area is 66.4 Å². The molecule has 0 saturated carbocycles. The van der Waals surface area contributed by atoms with E-state index in [1.54, 1.807) is 11.9 Å². The molecule has 1 rings (SSSR count). The second-order valence-corrected chi connectivity index (χ2v) is 2.96. The molecule has 0 radical (unpaired) electrons. The molecule has 1 aliphatic rings. The number of carbonyl (C=O) groups excluding carboxylic acids is 1. The van der Waals surface area contributed by atoms with Gasteiger partial charge in [-0.2, -0.15) is 0 Å². The fourth-order valence-corrected chi connectivity index (χ4v) is 1.19. The molecule has 1 aliphatic heterocycles. The molecule has 0 bridgehead atoms. The van der Waals surface area contributed by atoms with Crippen LogP contribution in [0.3, 0.4) is 0 Å². The summed E-state index contributed by atoms with van der Waals surface area (Å²) in [5, 5.41) is 12.5. The Hall–Kier alpha value is -0.610. The van der Waals surface area contributed by atoms with Crippen LogP contribution in [0.25, 0.3) is 0 Å². The predicted molar refractivity (Wildman–Crippen MR) is 40.6 cm³/mol. The molecule has 64 valence electrons. The number of nitrogens with zero attached hydrogens (tertiary/aromatic N) is 2. The standard InChI is InChI=1S/C7H14N2O2/c1-6(10)5-9-7(11)3-4-8(9)2/h6,10H,3-5H2,1-2H3. The number of aliphatic hydroxyl groups is 1. The van der Waals surface area contributed by atoms with E-state index in [1.807, 2.05) is 12.1 Å². The molecule has 1 atom stereocenters. The Morgan fingerprint density at radius 1 is 1.73 bits per heavy atom. The lowest BCUT2D eigenvalue weighted by atomic mass is 10.4. The minimum Gasteiger partial charge on any atom is -0.392 e. The Bertz CT molecular complexity index is 159. The van der Waals surface area contributed by atoms with E-state index < -0.39 is 6.10 Å². The summed E-state index contributed by atoms with van der Waals surface area (Å²) >= 11 is 0. The summed E-state index contributed by atoms with van der Waals surface area (Å²) in [7, 11) is 1.85. The largest absolute Gasteiger partial charge is 0.392 e. The van der Waals surface area contributed by atoms with Crippen molar-refractivity contribution in [2.45, 2.75) is 19.4 Å². The Balaban J connectivity index is 2.48. The highest BCUT2D eigenvalue weighted by Gasteiger charge is 2.26. The van der Waals surface area contributed by atoms with Gasteiger partial charge >= 0.3 is 0 Å². The van der Waals surface area contributed by atoms with E-state index in [-0.39, 0.29) is 5.91 Å². The first kappa shape index (κ1) is 8.49. The average Bonchev–Trinajstić information content (AvgIpc) is 2.18. The Morgan fingerprint density at radius 3 is 2.73 bits per heavy atom. The van der Waals surface area contributed by atoms with Gasteiger partial charge in [-0.25, -0.2) is 5.01 Å². The van der Waals surface area contributed by atoms with Crippen molar-refractivity contribution in [1.29, 1.82) is 0 Å². The lowest BCUT2D eigenvalue weighted by Gasteiger charge is -2.24. The number of hydrogen-bond donors (Lipinski definition) is 1. The zero-order valence-corrected chi connectivity index (χ0v) is 6.95. The minimum atomic E-state index is -0.445. The first-order valence-electron chi connectivity index (χ1n) is 3.80. The van der Waals surface area contributed by atoms with Crippen LogP contribution in [0.1, 0.15) is 13.3 Å². The maximum Gasteiger partial charge on any atom is 0.238 e. The number of carbonyl (C=O) groups is 1. The first-order chi connectivity index (χ1) is 5.11. The van der Waals surface area contributed by atoms with Crippen LogP contribution in [0.4, 0.5) is 0 Å². The number of rotatable bonds is 2. The normalized spacial score (nSPS) is 22.8. The van der Waals surface area contributed by atoms with Crippen LogP contribution in [0, 0.1) is 0 Å². The molecule has 1 saturated heterocycles. The van der Waals surface area contributed by atoms with Crippen molar-refractivity contribution in [1.82, 2.24) is 10.0 Å². The van der Waals surface area contributed by atoms with Crippen LogP contribution >= 0.6 is 0 Å². The Kier molecular flexibility index (Phi) is 2.46. The van der Waals surface area contributed by atoms with Gasteiger partial charge in [0.05, 0.1) is 12.6 Å². The van der Waals surface area contributed by atoms with Crippen molar-refractivity contribution in [3.05, 3.63) is 0 Å². The smallest absolute Gasteiger partial charge is 0.238 e. The lowest BCUT2D eigenvalue weighted by Crippen LogP contribution is -2.40. The van der Waals surface area contributed by atoms with E-state index in [0.29, 0.717) is 13.0 Å². The molecular formula is C7H14N2O2. The van der Waals surface area contributed by atoms with Gasteiger partial charge in [0.25, 0.3) is 0 Å². The van der Waals surface area contributed by atoms with Crippen LogP contribution in [-0.2, 0) is 4.79 Å². The summed E-state index contributed by atoms with van der Waals surface area (Å²) < 4.78 is 0. The van der Waals surface area contributed by atoms with Crippen molar-refractivity contribution in [3.63, 3.8) is 0 Å². The van der Waals surface area contributed by atoms with E-state index in [2.05, 4.69) is 0 Å². The number of hydrazine groups is 1. The number of β-amino-alcohol motifs (C(OH)–C–C–N with tert-alkyl or cyclic N) is 1. The molecule has 1 fully saturated rings. The maximum atomic E-state index is 11.1. The average molecular weight is 158 g/mol. The zero-order chi connectivity index (χ0) is 8.43. The molecule has 4 nitrogen and oxygen atoms in total. The van der Waals surface area contributed by atoms with E-state index in [1.165, 1.54) is 0 Å². The van der Waals surface area contributed by atoms with Crippen molar-refractivity contribution < 1.29 is 9.90 Å². The third kappa shape index (κ3) is 1.91. The van der Waals surface area contributed by atoms with Gasteiger partial charge in [-0.3, -0.25) is 9.80 Å². The van der Waals surface area contributed by atoms with Crippen LogP contribution in [0.5, 0.6) is 0 Å². The SMILES string of the molecule is CC(O)CN1C(=O)CCN1C.